The predicted octanol–water partition coefficient (Wildman–Crippen LogP) is 0.746. The number of hydrogen-bond acceptors (Lipinski definition) is 2. The van der Waals surface area contributed by atoms with Crippen molar-refractivity contribution in [1.82, 2.24) is 0 Å². The van der Waals surface area contributed by atoms with E-state index in [-0.39, 0.29) is 11.7 Å². The molecule has 1 aliphatic rings. The molecule has 1 N–H and O–H groups in total. The summed E-state index contributed by atoms with van der Waals surface area (Å²) in [5.41, 5.74) is 0.673. The van der Waals surface area contributed by atoms with Gasteiger partial charge in [-0.05, 0) is 12.1 Å². The first-order chi connectivity index (χ1) is 5.77. The molecule has 62 valence electrons. The van der Waals surface area contributed by atoms with Crippen molar-refractivity contribution >= 4 is 22.4 Å². The van der Waals surface area contributed by atoms with Crippen molar-refractivity contribution in [3.63, 3.8) is 0 Å². The van der Waals surface area contributed by atoms with Crippen molar-refractivity contribution in [2.75, 3.05) is 11.1 Å². The highest BCUT2D eigenvalue weighted by atomic mass is 32.2. The Morgan fingerprint density at radius 3 is 2.92 bits per heavy atom. The van der Waals surface area contributed by atoms with Gasteiger partial charge in [0.2, 0.25) is 5.91 Å². The van der Waals surface area contributed by atoms with Crippen molar-refractivity contribution in [2.45, 2.75) is 4.90 Å². The summed E-state index contributed by atoms with van der Waals surface area (Å²) in [4.78, 5) is 11.7. The molecule has 0 unspecified atom stereocenters. The molecule has 3 nitrogen and oxygen atoms in total. The van der Waals surface area contributed by atoms with Gasteiger partial charge < -0.3 is 5.32 Å². The van der Waals surface area contributed by atoms with Gasteiger partial charge in [0.05, 0.1) is 21.4 Å². The second-order valence-electron chi connectivity index (χ2n) is 2.53. The van der Waals surface area contributed by atoms with Crippen LogP contribution in [0, 0.1) is 0 Å². The summed E-state index contributed by atoms with van der Waals surface area (Å²) in [6, 6.07) is 7.14. The fourth-order valence-electron chi connectivity index (χ4n) is 1.15. The Bertz CT molecular complexity index is 362. The third-order valence-corrected chi connectivity index (χ3v) is 3.04. The maximum Gasteiger partial charge on any atom is 0.237 e. The molecule has 1 aliphatic heterocycles. The number of fused-ring (bicyclic) bond motifs is 1. The van der Waals surface area contributed by atoms with Gasteiger partial charge in [-0.1, -0.05) is 12.1 Å². The summed E-state index contributed by atoms with van der Waals surface area (Å²) in [5, 5.41) is 2.66. The lowest BCUT2D eigenvalue weighted by atomic mass is 10.3. The van der Waals surface area contributed by atoms with Crippen LogP contribution in [0.3, 0.4) is 0 Å². The number of carbonyl (C=O) groups excluding carboxylic acids is 1. The third-order valence-electron chi connectivity index (χ3n) is 1.67. The fourth-order valence-corrected chi connectivity index (χ4v) is 2.21. The lowest BCUT2D eigenvalue weighted by Crippen LogP contribution is -2.25. The molecule has 1 atom stereocenters. The molecular formula is C8H7NO2S. The number of para-hydroxylation sites is 1. The van der Waals surface area contributed by atoms with Crippen LogP contribution in [-0.4, -0.2) is 15.9 Å². The lowest BCUT2D eigenvalue weighted by Gasteiger charge is -2.14. The second kappa shape index (κ2) is 2.71. The van der Waals surface area contributed by atoms with E-state index in [0.29, 0.717) is 5.69 Å². The third kappa shape index (κ3) is 1.14. The van der Waals surface area contributed by atoms with Crippen LogP contribution in [-0.2, 0) is 15.6 Å². The van der Waals surface area contributed by atoms with E-state index in [4.69, 9.17) is 0 Å². The number of amides is 1. The average molecular weight is 181 g/mol. The number of carbonyl (C=O) groups is 1. The van der Waals surface area contributed by atoms with Crippen LogP contribution in [0.15, 0.2) is 29.2 Å². The number of benzene rings is 1. The standard InChI is InChI=1S/C8H7NO2S/c10-8-5-12(11)7-4-2-1-3-6(7)9-8/h1-4H,5H2,(H,9,10)/t12-/m1/s1. The van der Waals surface area contributed by atoms with Gasteiger partial charge in [0, 0.05) is 0 Å². The largest absolute Gasteiger partial charge is 0.324 e. The van der Waals surface area contributed by atoms with E-state index in [9.17, 15) is 9.00 Å². The molecular weight excluding hydrogens is 174 g/mol. The van der Waals surface area contributed by atoms with Gasteiger partial charge in [0.1, 0.15) is 5.75 Å². The van der Waals surface area contributed by atoms with Crippen molar-refractivity contribution in [3.8, 4) is 0 Å². The van der Waals surface area contributed by atoms with Gasteiger partial charge in [-0.3, -0.25) is 9.00 Å². The summed E-state index contributed by atoms with van der Waals surface area (Å²) in [7, 11) is -1.16. The Morgan fingerprint density at radius 1 is 1.33 bits per heavy atom. The molecule has 0 fully saturated rings. The van der Waals surface area contributed by atoms with E-state index >= 15 is 0 Å². The molecule has 4 heteroatoms. The summed E-state index contributed by atoms with van der Waals surface area (Å²) >= 11 is 0. The number of anilines is 1. The van der Waals surface area contributed by atoms with Crippen molar-refractivity contribution < 1.29 is 9.00 Å². The Balaban J connectivity index is 2.54. The number of rotatable bonds is 0. The zero-order valence-corrected chi connectivity index (χ0v) is 7.06. The van der Waals surface area contributed by atoms with E-state index in [1.54, 1.807) is 12.1 Å². The Kier molecular flexibility index (Phi) is 1.69. The molecule has 0 saturated carbocycles. The van der Waals surface area contributed by atoms with Crippen LogP contribution in [0.5, 0.6) is 0 Å². The smallest absolute Gasteiger partial charge is 0.237 e. The van der Waals surface area contributed by atoms with Gasteiger partial charge in [-0.2, -0.15) is 0 Å². The molecule has 0 aliphatic carbocycles. The van der Waals surface area contributed by atoms with Crippen LogP contribution in [0.4, 0.5) is 5.69 Å². The Morgan fingerprint density at radius 2 is 2.08 bits per heavy atom. The first-order valence-corrected chi connectivity index (χ1v) is 4.86. The van der Waals surface area contributed by atoms with Crippen LogP contribution in [0.2, 0.25) is 0 Å². The predicted molar refractivity (Wildman–Crippen MR) is 46.3 cm³/mol. The highest BCUT2D eigenvalue weighted by Gasteiger charge is 2.19. The van der Waals surface area contributed by atoms with Crippen LogP contribution >= 0.6 is 0 Å². The minimum Gasteiger partial charge on any atom is -0.324 e. The highest BCUT2D eigenvalue weighted by Crippen LogP contribution is 2.22. The van der Waals surface area contributed by atoms with E-state index in [0.717, 1.165) is 4.90 Å². The first kappa shape index (κ1) is 7.49. The molecule has 0 bridgehead atoms. The summed E-state index contributed by atoms with van der Waals surface area (Å²) in [6.45, 7) is 0. The molecule has 1 heterocycles. The summed E-state index contributed by atoms with van der Waals surface area (Å²) in [5.74, 6) is -0.0937. The van der Waals surface area contributed by atoms with E-state index in [1.807, 2.05) is 12.1 Å². The Hall–Kier alpha value is -1.16. The molecule has 1 aromatic rings. The molecule has 0 saturated heterocycles. The molecule has 1 aromatic carbocycles. The molecule has 12 heavy (non-hydrogen) atoms. The van der Waals surface area contributed by atoms with E-state index in [1.165, 1.54) is 0 Å². The number of nitrogens with one attached hydrogen (secondary N) is 1. The van der Waals surface area contributed by atoms with Gasteiger partial charge in [-0.15, -0.1) is 0 Å². The monoisotopic (exact) mass is 181 g/mol. The molecule has 2 rings (SSSR count). The Labute approximate surface area is 72.2 Å². The SMILES string of the molecule is O=C1C[S@@](=O)c2ccccc2N1. The topological polar surface area (TPSA) is 46.2 Å². The van der Waals surface area contributed by atoms with E-state index < -0.39 is 10.8 Å². The summed E-state index contributed by atoms with van der Waals surface area (Å²) < 4.78 is 11.3. The van der Waals surface area contributed by atoms with Crippen molar-refractivity contribution in [3.05, 3.63) is 24.3 Å². The molecule has 0 aromatic heterocycles. The first-order valence-electron chi connectivity index (χ1n) is 3.54. The van der Waals surface area contributed by atoms with Gasteiger partial charge in [0.25, 0.3) is 0 Å². The van der Waals surface area contributed by atoms with Crippen molar-refractivity contribution in [1.29, 1.82) is 0 Å². The normalized spacial score (nSPS) is 21.3. The minimum atomic E-state index is -1.16. The molecule has 0 radical (unpaired) electrons. The summed E-state index contributed by atoms with van der Waals surface area (Å²) in [6.07, 6.45) is 0. The molecule has 1 amide bonds. The maximum absolute atomic E-state index is 11.3. The van der Waals surface area contributed by atoms with Crippen LogP contribution < -0.4 is 5.32 Å². The molecule has 0 spiro atoms. The average Bonchev–Trinajstić information content (AvgIpc) is 2.04. The maximum atomic E-state index is 11.3. The van der Waals surface area contributed by atoms with Gasteiger partial charge in [-0.25, -0.2) is 0 Å². The van der Waals surface area contributed by atoms with Crippen LogP contribution in [0.1, 0.15) is 0 Å². The fraction of sp³-hybridized carbons (Fsp3) is 0.125. The highest BCUT2D eigenvalue weighted by molar-refractivity contribution is 7.86. The zero-order chi connectivity index (χ0) is 8.55. The van der Waals surface area contributed by atoms with Crippen LogP contribution in [0.25, 0.3) is 0 Å². The van der Waals surface area contributed by atoms with Gasteiger partial charge in [0.15, 0.2) is 0 Å². The lowest BCUT2D eigenvalue weighted by molar-refractivity contribution is -0.113. The van der Waals surface area contributed by atoms with E-state index in [2.05, 4.69) is 5.32 Å². The minimum absolute atomic E-state index is 0.0804. The van der Waals surface area contributed by atoms with Crippen molar-refractivity contribution in [2.24, 2.45) is 0 Å². The quantitative estimate of drug-likeness (QED) is 0.641. The zero-order valence-electron chi connectivity index (χ0n) is 6.24. The number of hydrogen-bond donors (Lipinski definition) is 1. The van der Waals surface area contributed by atoms with Gasteiger partial charge >= 0.3 is 0 Å². The second-order valence-corrected chi connectivity index (χ2v) is 3.95.